The number of aromatic nitrogens is 6. The monoisotopic (exact) mass is 1350 g/mol. The molecule has 1 unspecified atom stereocenters. The smallest absolute Gasteiger partial charge is 0.277 e. The zero-order chi connectivity index (χ0) is 69.5. The first kappa shape index (κ1) is 69.0. The molecule has 30 nitrogen and oxygen atoms in total. The molecule has 4 fully saturated rings. The number of carbonyl (C=O) groups is 3. The van der Waals surface area contributed by atoms with Crippen LogP contribution in [0.2, 0.25) is 0 Å². The lowest BCUT2D eigenvalue weighted by molar-refractivity contribution is 0.0701. The van der Waals surface area contributed by atoms with Crippen LogP contribution in [0.25, 0.3) is 11.1 Å². The molecule has 1 atom stereocenters. The summed E-state index contributed by atoms with van der Waals surface area (Å²) >= 11 is 0. The highest BCUT2D eigenvalue weighted by atomic mass is 16.5. The largest absolute Gasteiger partial charge is 0.380 e. The summed E-state index contributed by atoms with van der Waals surface area (Å²) in [6.07, 6.45) is 12.6. The number of rotatable bonds is 22. The fraction of sp³-hybridized carbons (Fsp3) is 0.348. The second-order valence-corrected chi connectivity index (χ2v) is 24.3. The molecule has 13 rings (SSSR count). The van der Waals surface area contributed by atoms with E-state index in [1.807, 2.05) is 90.1 Å². The molecule has 8 N–H and O–H groups in total. The van der Waals surface area contributed by atoms with Gasteiger partial charge in [-0.25, -0.2) is 40.9 Å². The minimum absolute atomic E-state index is 0.144. The minimum atomic E-state index is -0.684. The fourth-order valence-electron chi connectivity index (χ4n) is 12.4. The Morgan fingerprint density at radius 2 is 0.879 bits per heavy atom. The van der Waals surface area contributed by atoms with E-state index in [1.165, 1.54) is 42.7 Å². The maximum Gasteiger partial charge on any atom is 0.277 e. The first-order chi connectivity index (χ1) is 48.1. The first-order valence-electron chi connectivity index (χ1n) is 32.9. The Bertz CT molecular complexity index is 4460. The molecule has 0 bridgehead atoms. The van der Waals surface area contributed by atoms with Gasteiger partial charge in [0.15, 0.2) is 0 Å². The van der Waals surface area contributed by atoms with Crippen LogP contribution in [0.3, 0.4) is 0 Å². The summed E-state index contributed by atoms with van der Waals surface area (Å²) in [5.74, 6) is 0.305. The maximum absolute atomic E-state index is 12.4. The number of nitrogens with one attached hydrogen (secondary N) is 6. The van der Waals surface area contributed by atoms with Gasteiger partial charge in [0.05, 0.1) is 16.7 Å². The molecule has 0 spiro atoms. The highest BCUT2D eigenvalue weighted by Crippen LogP contribution is 2.30. The van der Waals surface area contributed by atoms with Crippen molar-refractivity contribution >= 4 is 75.4 Å². The summed E-state index contributed by atoms with van der Waals surface area (Å²) < 4.78 is 0. The third-order valence-electron chi connectivity index (χ3n) is 17.9. The van der Waals surface area contributed by atoms with Crippen LogP contribution in [0, 0.1) is 5.92 Å². The molecule has 7 heterocycles. The topological polar surface area (TPSA) is 366 Å². The Morgan fingerprint density at radius 3 is 1.33 bits per heavy atom. The van der Waals surface area contributed by atoms with Crippen LogP contribution >= 0.6 is 0 Å². The van der Waals surface area contributed by atoms with Crippen LogP contribution in [-0.4, -0.2) is 175 Å². The van der Waals surface area contributed by atoms with Gasteiger partial charge >= 0.3 is 0 Å². The standard InChI is InChI=1S/C25H29N7O4.C25H22N6O4.C19H26N6O3/c33-22-20(26-12-18-6-7-30(16-18)15-17-4-2-1-3-5-17)21(23(22)34)31-8-10-32(11-9-31)25-27-13-19(14-28-25)24(35)29-36;32-22-20(28-19-8-4-7-17(13-19)16-5-2-1-3-6-16)21(23(22)33)30-9-11-31(12-10-30)25-26-14-18(15-27-25)24(34)29-35;1-3-4-5-6-21-14-15(17(27)16(14)26)24-7-9-25(10-8-24)19-22-11-13(12-23-19)18(28)20-2/h1-5,13-14,18,26,36H,6-12,15-16H2,(H,29,35);1-8,13-15,28,35H,9-12H2,(H,29,34);11-12,21H,3-10H2,1-2H3,(H,20,28). The van der Waals surface area contributed by atoms with Crippen molar-refractivity contribution in [1.82, 2.24) is 51.1 Å². The molecule has 0 aliphatic carbocycles. The van der Waals surface area contributed by atoms with Gasteiger partial charge < -0.3 is 50.7 Å². The number of unbranched alkanes of at least 4 members (excludes halogenated alkanes) is 2. The quantitative estimate of drug-likeness (QED) is 0.0209. The van der Waals surface area contributed by atoms with Crippen molar-refractivity contribution in [2.24, 2.45) is 5.92 Å². The van der Waals surface area contributed by atoms with E-state index in [4.69, 9.17) is 10.4 Å². The number of piperazine rings is 3. The highest BCUT2D eigenvalue weighted by molar-refractivity contribution is 5.94. The molecular formula is C69H77N19O11. The lowest BCUT2D eigenvalue weighted by Gasteiger charge is -2.37. The number of carbonyl (C=O) groups excluding carboxylic acids is 3. The van der Waals surface area contributed by atoms with Gasteiger partial charge in [-0.2, -0.15) is 0 Å². The lowest BCUT2D eigenvalue weighted by Crippen LogP contribution is -2.52. The molecule has 4 aliphatic heterocycles. The van der Waals surface area contributed by atoms with Gasteiger partial charge in [0.2, 0.25) is 17.8 Å². The summed E-state index contributed by atoms with van der Waals surface area (Å²) in [7, 11) is 1.56. The molecule has 30 heteroatoms. The molecule has 9 aromatic rings. The van der Waals surface area contributed by atoms with Crippen LogP contribution < -0.4 is 94.2 Å². The van der Waals surface area contributed by atoms with Gasteiger partial charge in [0.25, 0.3) is 50.3 Å². The summed E-state index contributed by atoms with van der Waals surface area (Å²) in [6, 6.07) is 28.0. The maximum atomic E-state index is 12.4. The minimum Gasteiger partial charge on any atom is -0.380 e. The summed E-state index contributed by atoms with van der Waals surface area (Å²) in [5.41, 5.74) is 7.80. The van der Waals surface area contributed by atoms with Gasteiger partial charge in [-0.3, -0.25) is 58.5 Å². The van der Waals surface area contributed by atoms with Crippen LogP contribution in [0.15, 0.2) is 151 Å². The van der Waals surface area contributed by atoms with Crippen molar-refractivity contribution in [2.75, 3.05) is 157 Å². The average molecular weight is 1350 g/mol. The second kappa shape index (κ2) is 32.1. The summed E-state index contributed by atoms with van der Waals surface area (Å²) in [5, 5.41) is 29.5. The van der Waals surface area contributed by atoms with Gasteiger partial charge in [-0.15, -0.1) is 0 Å². The Labute approximate surface area is 568 Å². The van der Waals surface area contributed by atoms with Gasteiger partial charge in [-0.1, -0.05) is 92.6 Å². The van der Waals surface area contributed by atoms with E-state index < -0.39 is 44.4 Å². The molecule has 99 heavy (non-hydrogen) atoms. The van der Waals surface area contributed by atoms with Crippen molar-refractivity contribution in [3.05, 3.63) is 206 Å². The SMILES string of the molecule is CCCCCNc1c(N2CCN(c3ncc(C(=O)NC)cn3)CC2)c(=O)c1=O.O=C(NO)c1cnc(N2CCN(c3c(NCC4CCN(Cc5ccccc5)C4)c(=O)c3=O)CC2)nc1.O=C(NO)c1cnc(N2CCN(c3c(Nc4cccc(-c5ccccc5)c4)c(=O)c3=O)CC2)nc1. The third-order valence-corrected chi connectivity index (χ3v) is 17.9. The molecule has 4 aliphatic rings. The number of hydroxylamine groups is 2. The zero-order valence-electron chi connectivity index (χ0n) is 54.9. The predicted octanol–water partition coefficient (Wildman–Crippen LogP) is 2.74. The molecule has 0 saturated carbocycles. The average Bonchev–Trinajstić information content (AvgIpc) is 1.07. The van der Waals surface area contributed by atoms with Gasteiger partial charge in [-0.05, 0) is 54.1 Å². The molecular weight excluding hydrogens is 1270 g/mol. The Morgan fingerprint density at radius 1 is 0.465 bits per heavy atom. The van der Waals surface area contributed by atoms with E-state index in [0.29, 0.717) is 155 Å². The third kappa shape index (κ3) is 16.0. The molecule has 0 radical (unpaired) electrons. The van der Waals surface area contributed by atoms with Crippen molar-refractivity contribution in [2.45, 2.75) is 39.2 Å². The molecule has 3 amide bonds. The highest BCUT2D eigenvalue weighted by Gasteiger charge is 2.33. The van der Waals surface area contributed by atoms with Crippen molar-refractivity contribution in [3.63, 3.8) is 0 Å². The molecule has 3 aromatic heterocycles. The number of likely N-dealkylation sites (tertiary alicyclic amines) is 1. The van der Waals surface area contributed by atoms with Gasteiger partial charge in [0, 0.05) is 155 Å². The lowest BCUT2D eigenvalue weighted by atomic mass is 10.0. The Kier molecular flexibility index (Phi) is 22.4. The van der Waals surface area contributed by atoms with E-state index in [2.05, 4.69) is 87.3 Å². The summed E-state index contributed by atoms with van der Waals surface area (Å²) in [6.45, 7) is 13.2. The number of nitrogens with zero attached hydrogens (tertiary/aromatic N) is 13. The molecule has 4 saturated heterocycles. The van der Waals surface area contributed by atoms with Crippen LogP contribution in [0.1, 0.15) is 69.2 Å². The number of hydrogen-bond donors (Lipinski definition) is 8. The second-order valence-electron chi connectivity index (χ2n) is 24.3. The normalized spacial score (nSPS) is 15.6. The summed E-state index contributed by atoms with van der Waals surface area (Å²) in [4.78, 5) is 147. The Hall–Kier alpha value is -11.4. The van der Waals surface area contributed by atoms with Crippen molar-refractivity contribution in [1.29, 1.82) is 0 Å². The molecule has 6 aromatic carbocycles. The first-order valence-corrected chi connectivity index (χ1v) is 32.9. The van der Waals surface area contributed by atoms with Crippen LogP contribution in [0.5, 0.6) is 0 Å². The van der Waals surface area contributed by atoms with Crippen LogP contribution in [0.4, 0.5) is 57.7 Å². The number of anilines is 10. The van der Waals surface area contributed by atoms with Crippen LogP contribution in [-0.2, 0) is 6.54 Å². The van der Waals surface area contributed by atoms with E-state index in [-0.39, 0.29) is 17.0 Å². The van der Waals surface area contributed by atoms with E-state index in [0.717, 1.165) is 62.1 Å². The number of amides is 3. The fourth-order valence-corrected chi connectivity index (χ4v) is 12.4. The van der Waals surface area contributed by atoms with Crippen molar-refractivity contribution < 1.29 is 24.8 Å². The number of hydrogen-bond acceptors (Lipinski definition) is 27. The van der Waals surface area contributed by atoms with Gasteiger partial charge in [0.1, 0.15) is 34.1 Å². The molecule has 514 valence electrons. The van der Waals surface area contributed by atoms with E-state index in [9.17, 15) is 43.2 Å². The number of benzene rings is 3. The van der Waals surface area contributed by atoms with E-state index >= 15 is 0 Å². The van der Waals surface area contributed by atoms with Crippen molar-refractivity contribution in [3.8, 4) is 11.1 Å². The van der Waals surface area contributed by atoms with E-state index in [1.54, 1.807) is 18.0 Å². The zero-order valence-corrected chi connectivity index (χ0v) is 54.9. The Balaban J connectivity index is 0.000000151. The predicted molar refractivity (Wildman–Crippen MR) is 377 cm³/mol.